The van der Waals surface area contributed by atoms with Gasteiger partial charge in [-0.3, -0.25) is 4.98 Å². The van der Waals surface area contributed by atoms with Crippen molar-refractivity contribution >= 4 is 0 Å². The third-order valence-electron chi connectivity index (χ3n) is 3.55. The normalized spacial score (nSPS) is 13.7. The minimum Gasteiger partial charge on any atom is -0.487 e. The van der Waals surface area contributed by atoms with E-state index in [-0.39, 0.29) is 0 Å². The summed E-state index contributed by atoms with van der Waals surface area (Å²) in [5.41, 5.74) is 3.27. The van der Waals surface area contributed by atoms with E-state index in [1.54, 1.807) is 13.3 Å². The van der Waals surface area contributed by atoms with Crippen LogP contribution in [0.4, 0.5) is 0 Å². The number of ether oxygens (including phenoxy) is 2. The average molecular weight is 270 g/mol. The van der Waals surface area contributed by atoms with E-state index in [1.807, 2.05) is 24.3 Å². The Morgan fingerprint density at radius 3 is 2.90 bits per heavy atom. The lowest BCUT2D eigenvalue weighted by atomic mass is 9.95. The summed E-state index contributed by atoms with van der Waals surface area (Å²) in [5, 5.41) is 0. The molecule has 4 heteroatoms. The number of aryl methyl sites for hydroxylation is 1. The first kappa shape index (κ1) is 12.9. The standard InChI is InChI=1S/C16H18N2O2/c1-19-16-10-15(13-7-2-3-8-14(13)18-16)20-11-12-6-4-5-9-17-12/h4-6,9-10H,2-3,7-8,11H2,1H3. The Balaban J connectivity index is 1.84. The van der Waals surface area contributed by atoms with Crippen LogP contribution in [0.15, 0.2) is 30.5 Å². The van der Waals surface area contributed by atoms with Crippen LogP contribution >= 0.6 is 0 Å². The zero-order valence-corrected chi connectivity index (χ0v) is 11.6. The lowest BCUT2D eigenvalue weighted by Gasteiger charge is -2.19. The van der Waals surface area contributed by atoms with Gasteiger partial charge in [-0.25, -0.2) is 4.98 Å². The highest BCUT2D eigenvalue weighted by molar-refractivity contribution is 5.41. The topological polar surface area (TPSA) is 44.2 Å². The van der Waals surface area contributed by atoms with Crippen molar-refractivity contribution < 1.29 is 9.47 Å². The van der Waals surface area contributed by atoms with Gasteiger partial charge in [0.2, 0.25) is 5.88 Å². The van der Waals surface area contributed by atoms with Crippen molar-refractivity contribution in [2.24, 2.45) is 0 Å². The van der Waals surface area contributed by atoms with Crippen LogP contribution in [0.3, 0.4) is 0 Å². The molecule has 0 saturated heterocycles. The van der Waals surface area contributed by atoms with E-state index in [0.29, 0.717) is 12.5 Å². The minimum absolute atomic E-state index is 0.473. The summed E-state index contributed by atoms with van der Waals surface area (Å²) in [4.78, 5) is 8.81. The van der Waals surface area contributed by atoms with Gasteiger partial charge in [0.1, 0.15) is 12.4 Å². The quantitative estimate of drug-likeness (QED) is 0.856. The SMILES string of the molecule is COc1cc(OCc2ccccn2)c2c(n1)CCCC2. The molecule has 0 saturated carbocycles. The van der Waals surface area contributed by atoms with E-state index in [4.69, 9.17) is 9.47 Å². The molecule has 0 aromatic carbocycles. The molecular weight excluding hydrogens is 252 g/mol. The molecule has 0 unspecified atom stereocenters. The van der Waals surface area contributed by atoms with Gasteiger partial charge in [0, 0.05) is 17.8 Å². The lowest BCUT2D eigenvalue weighted by Crippen LogP contribution is -2.10. The van der Waals surface area contributed by atoms with E-state index in [2.05, 4.69) is 9.97 Å². The van der Waals surface area contributed by atoms with Crippen molar-refractivity contribution in [1.29, 1.82) is 0 Å². The second-order valence-electron chi connectivity index (χ2n) is 4.90. The number of hydrogen-bond donors (Lipinski definition) is 0. The van der Waals surface area contributed by atoms with Gasteiger partial charge in [-0.05, 0) is 37.8 Å². The molecule has 1 aliphatic rings. The number of methoxy groups -OCH3 is 1. The molecule has 4 nitrogen and oxygen atoms in total. The second kappa shape index (κ2) is 5.90. The van der Waals surface area contributed by atoms with Crippen molar-refractivity contribution in [2.45, 2.75) is 32.3 Å². The van der Waals surface area contributed by atoms with Crippen molar-refractivity contribution in [2.75, 3.05) is 7.11 Å². The van der Waals surface area contributed by atoms with Gasteiger partial charge in [0.15, 0.2) is 0 Å². The van der Waals surface area contributed by atoms with Crippen molar-refractivity contribution in [3.8, 4) is 11.6 Å². The highest BCUT2D eigenvalue weighted by Gasteiger charge is 2.17. The maximum absolute atomic E-state index is 5.95. The zero-order chi connectivity index (χ0) is 13.8. The van der Waals surface area contributed by atoms with Crippen LogP contribution in [-0.4, -0.2) is 17.1 Å². The monoisotopic (exact) mass is 270 g/mol. The molecule has 0 fully saturated rings. The fraction of sp³-hybridized carbons (Fsp3) is 0.375. The molecule has 20 heavy (non-hydrogen) atoms. The number of fused-ring (bicyclic) bond motifs is 1. The van der Waals surface area contributed by atoms with Crippen molar-refractivity contribution in [1.82, 2.24) is 9.97 Å². The predicted molar refractivity (Wildman–Crippen MR) is 76.0 cm³/mol. The van der Waals surface area contributed by atoms with E-state index >= 15 is 0 Å². The minimum atomic E-state index is 0.473. The average Bonchev–Trinajstić information content (AvgIpc) is 2.53. The molecule has 104 valence electrons. The van der Waals surface area contributed by atoms with Gasteiger partial charge < -0.3 is 9.47 Å². The maximum atomic E-state index is 5.95. The molecule has 2 heterocycles. The number of pyridine rings is 2. The third kappa shape index (κ3) is 2.74. The number of rotatable bonds is 4. The molecular formula is C16H18N2O2. The fourth-order valence-electron chi connectivity index (χ4n) is 2.51. The maximum Gasteiger partial charge on any atom is 0.216 e. The van der Waals surface area contributed by atoms with Crippen LogP contribution in [0.1, 0.15) is 29.8 Å². The Morgan fingerprint density at radius 2 is 2.10 bits per heavy atom. The first-order chi connectivity index (χ1) is 9.86. The summed E-state index contributed by atoms with van der Waals surface area (Å²) in [6, 6.07) is 7.72. The third-order valence-corrected chi connectivity index (χ3v) is 3.55. The van der Waals surface area contributed by atoms with Crippen LogP contribution < -0.4 is 9.47 Å². The van der Waals surface area contributed by atoms with Crippen LogP contribution in [0.25, 0.3) is 0 Å². The van der Waals surface area contributed by atoms with Gasteiger partial charge >= 0.3 is 0 Å². The molecule has 0 spiro atoms. The van der Waals surface area contributed by atoms with Gasteiger partial charge in [0.05, 0.1) is 18.5 Å². The molecule has 0 N–H and O–H groups in total. The van der Waals surface area contributed by atoms with E-state index < -0.39 is 0 Å². The Kier molecular flexibility index (Phi) is 3.81. The number of hydrogen-bond acceptors (Lipinski definition) is 4. The fourth-order valence-corrected chi connectivity index (χ4v) is 2.51. The van der Waals surface area contributed by atoms with Gasteiger partial charge in [0.25, 0.3) is 0 Å². The molecule has 0 radical (unpaired) electrons. The smallest absolute Gasteiger partial charge is 0.216 e. The number of nitrogens with zero attached hydrogens (tertiary/aromatic N) is 2. The largest absolute Gasteiger partial charge is 0.487 e. The second-order valence-corrected chi connectivity index (χ2v) is 4.90. The summed E-state index contributed by atoms with van der Waals surface area (Å²) in [6.45, 7) is 0.473. The van der Waals surface area contributed by atoms with E-state index in [0.717, 1.165) is 30.0 Å². The molecule has 2 aromatic heterocycles. The molecule has 0 bridgehead atoms. The summed E-state index contributed by atoms with van der Waals surface area (Å²) >= 11 is 0. The van der Waals surface area contributed by atoms with Crippen molar-refractivity contribution in [3.63, 3.8) is 0 Å². The first-order valence-corrected chi connectivity index (χ1v) is 6.96. The van der Waals surface area contributed by atoms with Gasteiger partial charge in [-0.2, -0.15) is 0 Å². The first-order valence-electron chi connectivity index (χ1n) is 6.96. The summed E-state index contributed by atoms with van der Waals surface area (Å²) in [5.74, 6) is 1.51. The van der Waals surface area contributed by atoms with Crippen LogP contribution in [0, 0.1) is 0 Å². The molecule has 2 aromatic rings. The lowest BCUT2D eigenvalue weighted by molar-refractivity contribution is 0.292. The highest BCUT2D eigenvalue weighted by Crippen LogP contribution is 2.32. The molecule has 1 aliphatic carbocycles. The summed E-state index contributed by atoms with van der Waals surface area (Å²) < 4.78 is 11.2. The van der Waals surface area contributed by atoms with Gasteiger partial charge in [-0.1, -0.05) is 6.07 Å². The van der Waals surface area contributed by atoms with Crippen LogP contribution in [0.2, 0.25) is 0 Å². The van der Waals surface area contributed by atoms with Crippen LogP contribution in [0.5, 0.6) is 11.6 Å². The Morgan fingerprint density at radius 1 is 1.20 bits per heavy atom. The van der Waals surface area contributed by atoms with E-state index in [9.17, 15) is 0 Å². The van der Waals surface area contributed by atoms with Crippen LogP contribution in [-0.2, 0) is 19.4 Å². The number of aromatic nitrogens is 2. The molecule has 3 rings (SSSR count). The summed E-state index contributed by atoms with van der Waals surface area (Å²) in [7, 11) is 1.64. The summed E-state index contributed by atoms with van der Waals surface area (Å²) in [6.07, 6.45) is 6.20. The Bertz CT molecular complexity index is 585. The van der Waals surface area contributed by atoms with E-state index in [1.165, 1.54) is 18.4 Å². The highest BCUT2D eigenvalue weighted by atomic mass is 16.5. The van der Waals surface area contributed by atoms with Gasteiger partial charge in [-0.15, -0.1) is 0 Å². The zero-order valence-electron chi connectivity index (χ0n) is 11.6. The molecule has 0 amide bonds. The van der Waals surface area contributed by atoms with Crippen molar-refractivity contribution in [3.05, 3.63) is 47.4 Å². The molecule has 0 aliphatic heterocycles. The molecule has 0 atom stereocenters. The predicted octanol–water partition coefficient (Wildman–Crippen LogP) is 2.94. The Labute approximate surface area is 118 Å². The Hall–Kier alpha value is -2.10.